The van der Waals surface area contributed by atoms with Gasteiger partial charge in [0.2, 0.25) is 17.7 Å². The molecule has 3 N–H and O–H groups in total. The van der Waals surface area contributed by atoms with Gasteiger partial charge in [-0.2, -0.15) is 0 Å². The molecule has 0 saturated carbocycles. The number of fused-ring (bicyclic) bond motifs is 4. The van der Waals surface area contributed by atoms with E-state index in [9.17, 15) is 19.5 Å². The number of para-hydroxylation sites is 1. The summed E-state index contributed by atoms with van der Waals surface area (Å²) in [6.45, 7) is 2.35. The highest BCUT2D eigenvalue weighted by atomic mass is 35.5. The van der Waals surface area contributed by atoms with Gasteiger partial charge in [-0.05, 0) is 25.8 Å². The Bertz CT molecular complexity index is 915. The van der Waals surface area contributed by atoms with Crippen LogP contribution in [0.3, 0.4) is 0 Å². The smallest absolute Gasteiger partial charge is 0.250 e. The maximum Gasteiger partial charge on any atom is 0.250 e. The number of nitrogens with one attached hydrogen (secondary N) is 2. The van der Waals surface area contributed by atoms with Crippen molar-refractivity contribution in [3.05, 3.63) is 28.8 Å². The second-order valence-electron chi connectivity index (χ2n) is 8.26. The standard InChI is InChI=1S/C20H22ClN3O5/c1-9(25)15-13-14(18(27)24(17(13)26)8-10-4-3-7-29-10)20(23-15)11-5-2-6-12(21)16(11)22-19(20)28/h2,5-6,9-10,13-15,23,25H,3-4,7-8H2,1H3,(H,22,28)/t9-,10+,13+,14+,15-,20+/m1/s1. The molecule has 1 spiro atoms. The summed E-state index contributed by atoms with van der Waals surface area (Å²) in [4.78, 5) is 41.2. The zero-order chi connectivity index (χ0) is 20.5. The van der Waals surface area contributed by atoms with Crippen molar-refractivity contribution in [2.75, 3.05) is 18.5 Å². The number of halogens is 1. The fourth-order valence-electron chi connectivity index (χ4n) is 5.37. The van der Waals surface area contributed by atoms with E-state index in [4.69, 9.17) is 16.3 Å². The Morgan fingerprint density at radius 3 is 2.83 bits per heavy atom. The van der Waals surface area contributed by atoms with Crippen LogP contribution >= 0.6 is 11.6 Å². The predicted molar refractivity (Wildman–Crippen MR) is 103 cm³/mol. The minimum absolute atomic E-state index is 0.178. The summed E-state index contributed by atoms with van der Waals surface area (Å²) >= 11 is 6.27. The van der Waals surface area contributed by atoms with Crippen molar-refractivity contribution in [1.82, 2.24) is 10.2 Å². The lowest BCUT2D eigenvalue weighted by atomic mass is 9.76. The van der Waals surface area contributed by atoms with E-state index in [0.29, 0.717) is 22.9 Å². The minimum Gasteiger partial charge on any atom is -0.392 e. The molecule has 6 atom stereocenters. The molecular formula is C20H22ClN3O5. The molecule has 4 heterocycles. The third kappa shape index (κ3) is 2.46. The number of imide groups is 1. The van der Waals surface area contributed by atoms with E-state index in [1.165, 1.54) is 4.90 Å². The van der Waals surface area contributed by atoms with E-state index in [2.05, 4.69) is 10.6 Å². The van der Waals surface area contributed by atoms with Gasteiger partial charge in [-0.15, -0.1) is 0 Å². The number of aliphatic hydroxyl groups is 1. The minimum atomic E-state index is -1.44. The van der Waals surface area contributed by atoms with Gasteiger partial charge in [-0.25, -0.2) is 0 Å². The Labute approximate surface area is 172 Å². The van der Waals surface area contributed by atoms with Crippen molar-refractivity contribution in [3.8, 4) is 0 Å². The summed E-state index contributed by atoms with van der Waals surface area (Å²) in [7, 11) is 0. The van der Waals surface area contributed by atoms with Crippen molar-refractivity contribution < 1.29 is 24.2 Å². The quantitative estimate of drug-likeness (QED) is 0.620. The highest BCUT2D eigenvalue weighted by molar-refractivity contribution is 6.35. The summed E-state index contributed by atoms with van der Waals surface area (Å²) in [5.74, 6) is -2.99. The molecule has 9 heteroatoms. The lowest BCUT2D eigenvalue weighted by Crippen LogP contribution is -2.55. The topological polar surface area (TPSA) is 108 Å². The molecule has 4 aliphatic rings. The molecule has 0 radical (unpaired) electrons. The first-order valence-corrected chi connectivity index (χ1v) is 10.3. The summed E-state index contributed by atoms with van der Waals surface area (Å²) in [6, 6.07) is 4.36. The summed E-state index contributed by atoms with van der Waals surface area (Å²) in [5.41, 5.74) is -0.465. The van der Waals surface area contributed by atoms with Crippen molar-refractivity contribution >= 4 is 35.0 Å². The molecule has 154 valence electrons. The molecule has 0 unspecified atom stereocenters. The zero-order valence-electron chi connectivity index (χ0n) is 15.9. The lowest BCUT2D eigenvalue weighted by Gasteiger charge is -2.30. The lowest BCUT2D eigenvalue weighted by molar-refractivity contribution is -0.144. The first kappa shape index (κ1) is 19.0. The van der Waals surface area contributed by atoms with E-state index in [1.54, 1.807) is 25.1 Å². The number of hydrogen-bond acceptors (Lipinski definition) is 6. The normalized spacial score (nSPS) is 36.7. The van der Waals surface area contributed by atoms with E-state index in [-0.39, 0.29) is 18.6 Å². The number of carbonyl (C=O) groups is 3. The van der Waals surface area contributed by atoms with Crippen LogP contribution in [-0.4, -0.2) is 59.1 Å². The summed E-state index contributed by atoms with van der Waals surface area (Å²) in [6.07, 6.45) is 0.561. The zero-order valence-corrected chi connectivity index (χ0v) is 16.6. The first-order valence-electron chi connectivity index (χ1n) is 9.89. The molecule has 0 aliphatic carbocycles. The maximum absolute atomic E-state index is 13.5. The second kappa shape index (κ2) is 6.50. The maximum atomic E-state index is 13.5. The third-order valence-corrected chi connectivity index (χ3v) is 6.97. The van der Waals surface area contributed by atoms with Crippen molar-refractivity contribution in [2.45, 2.75) is 43.6 Å². The SMILES string of the molecule is C[C@@H](O)[C@H]1N[C@]2(C(=O)Nc3c(Cl)cccc32)[C@@H]2C(=O)N(C[C@@H]3CCCO3)C(=O)[C@H]12. The molecule has 3 amide bonds. The number of anilines is 1. The average Bonchev–Trinajstić information content (AvgIpc) is 3.42. The van der Waals surface area contributed by atoms with Crippen LogP contribution in [0, 0.1) is 11.8 Å². The largest absolute Gasteiger partial charge is 0.392 e. The molecule has 3 saturated heterocycles. The number of likely N-dealkylation sites (tertiary alicyclic amines) is 1. The average molecular weight is 420 g/mol. The Hall–Kier alpha value is -2.00. The fraction of sp³-hybridized carbons (Fsp3) is 0.550. The number of rotatable bonds is 3. The molecule has 8 nitrogen and oxygen atoms in total. The van der Waals surface area contributed by atoms with Crippen LogP contribution in [0.1, 0.15) is 25.3 Å². The van der Waals surface area contributed by atoms with Gasteiger partial charge in [0, 0.05) is 18.2 Å². The van der Waals surface area contributed by atoms with Gasteiger partial charge in [0.25, 0.3) is 0 Å². The van der Waals surface area contributed by atoms with E-state index < -0.39 is 41.3 Å². The second-order valence-corrected chi connectivity index (χ2v) is 8.67. The van der Waals surface area contributed by atoms with E-state index >= 15 is 0 Å². The van der Waals surface area contributed by atoms with E-state index in [1.807, 2.05) is 0 Å². The van der Waals surface area contributed by atoms with Crippen LogP contribution in [0.15, 0.2) is 18.2 Å². The molecule has 3 fully saturated rings. The van der Waals surface area contributed by atoms with Crippen molar-refractivity contribution in [1.29, 1.82) is 0 Å². The van der Waals surface area contributed by atoms with Crippen LogP contribution < -0.4 is 10.6 Å². The fourth-order valence-corrected chi connectivity index (χ4v) is 5.59. The molecule has 29 heavy (non-hydrogen) atoms. The van der Waals surface area contributed by atoms with Gasteiger partial charge in [0.15, 0.2) is 0 Å². The molecule has 5 rings (SSSR count). The van der Waals surface area contributed by atoms with E-state index in [0.717, 1.165) is 12.8 Å². The van der Waals surface area contributed by atoms with Crippen LogP contribution in [0.5, 0.6) is 0 Å². The number of amides is 3. The van der Waals surface area contributed by atoms with Gasteiger partial charge >= 0.3 is 0 Å². The monoisotopic (exact) mass is 419 g/mol. The van der Waals surface area contributed by atoms with Crippen LogP contribution in [0.2, 0.25) is 5.02 Å². The number of hydrogen-bond donors (Lipinski definition) is 3. The Balaban J connectivity index is 1.61. The molecule has 4 aliphatic heterocycles. The van der Waals surface area contributed by atoms with Crippen molar-refractivity contribution in [3.63, 3.8) is 0 Å². The van der Waals surface area contributed by atoms with Gasteiger partial charge in [0.05, 0.1) is 41.3 Å². The highest BCUT2D eigenvalue weighted by Crippen LogP contribution is 2.54. The Morgan fingerprint density at radius 2 is 2.14 bits per heavy atom. The molecule has 1 aromatic carbocycles. The predicted octanol–water partition coefficient (Wildman–Crippen LogP) is 0.620. The summed E-state index contributed by atoms with van der Waals surface area (Å²) < 4.78 is 5.61. The number of ether oxygens (including phenoxy) is 1. The Kier molecular flexibility index (Phi) is 4.26. The molecule has 0 bridgehead atoms. The third-order valence-electron chi connectivity index (χ3n) is 6.66. The molecular weight excluding hydrogens is 398 g/mol. The van der Waals surface area contributed by atoms with Gasteiger partial charge in [-0.1, -0.05) is 23.7 Å². The number of nitrogens with zero attached hydrogens (tertiary/aromatic N) is 1. The number of carbonyl (C=O) groups excluding carboxylic acids is 3. The van der Waals surface area contributed by atoms with Crippen LogP contribution in [0.4, 0.5) is 5.69 Å². The van der Waals surface area contributed by atoms with Crippen LogP contribution in [0.25, 0.3) is 0 Å². The van der Waals surface area contributed by atoms with Gasteiger partial charge in [0.1, 0.15) is 5.54 Å². The summed E-state index contributed by atoms with van der Waals surface area (Å²) in [5, 5.41) is 16.7. The van der Waals surface area contributed by atoms with Gasteiger partial charge in [-0.3, -0.25) is 24.6 Å². The van der Waals surface area contributed by atoms with Crippen LogP contribution in [-0.2, 0) is 24.7 Å². The number of aliphatic hydroxyl groups excluding tert-OH is 1. The highest BCUT2D eigenvalue weighted by Gasteiger charge is 2.71. The first-order chi connectivity index (χ1) is 13.9. The molecule has 1 aromatic rings. The number of benzene rings is 1. The Morgan fingerprint density at radius 1 is 1.34 bits per heavy atom. The molecule has 0 aromatic heterocycles. The van der Waals surface area contributed by atoms with Gasteiger partial charge < -0.3 is 15.2 Å². The van der Waals surface area contributed by atoms with Crippen molar-refractivity contribution in [2.24, 2.45) is 11.8 Å².